The third-order valence-electron chi connectivity index (χ3n) is 3.39. The highest BCUT2D eigenvalue weighted by atomic mass is 32.2. The molecule has 2 heterocycles. The molecule has 1 aromatic carbocycles. The molecular weight excluding hydrogens is 351 g/mol. The lowest BCUT2D eigenvalue weighted by atomic mass is 10.1. The minimum Gasteiger partial charge on any atom is -0.371 e. The summed E-state index contributed by atoms with van der Waals surface area (Å²) >= 11 is 0. The maximum Gasteiger partial charge on any atom is 0.474 e. The average molecular weight is 366 g/mol. The molecule has 2 fully saturated rings. The summed E-state index contributed by atoms with van der Waals surface area (Å²) in [5.41, 5.74) is -0.0365. The van der Waals surface area contributed by atoms with Crippen LogP contribution >= 0.6 is 7.82 Å². The number of hydrogen-bond acceptors (Lipinski definition) is 7. The second-order valence-electron chi connectivity index (χ2n) is 5.14. The Bertz CT molecular complexity index is 713. The third-order valence-corrected chi connectivity index (χ3v) is 5.86. The van der Waals surface area contributed by atoms with Gasteiger partial charge in [-0.15, -0.1) is 0 Å². The van der Waals surface area contributed by atoms with Crippen molar-refractivity contribution in [2.45, 2.75) is 17.1 Å². The highest BCUT2D eigenvalue weighted by Gasteiger charge is 2.62. The fourth-order valence-electron chi connectivity index (χ4n) is 2.14. The first-order valence-corrected chi connectivity index (χ1v) is 9.62. The van der Waals surface area contributed by atoms with Crippen LogP contribution in [0, 0.1) is 0 Å². The van der Waals surface area contributed by atoms with Gasteiger partial charge in [0.15, 0.2) is 0 Å². The van der Waals surface area contributed by atoms with E-state index in [9.17, 15) is 22.4 Å². The van der Waals surface area contributed by atoms with Crippen molar-refractivity contribution in [2.75, 3.05) is 19.8 Å². The molecule has 23 heavy (non-hydrogen) atoms. The lowest BCUT2D eigenvalue weighted by molar-refractivity contribution is 0.0468. The van der Waals surface area contributed by atoms with Crippen LogP contribution in [-0.2, 0) is 38.1 Å². The van der Waals surface area contributed by atoms with Gasteiger partial charge in [0.25, 0.3) is 4.93 Å². The van der Waals surface area contributed by atoms with E-state index in [4.69, 9.17) is 18.5 Å². The molecule has 0 aromatic heterocycles. The smallest absolute Gasteiger partial charge is 0.371 e. The minimum atomic E-state index is -4.96. The summed E-state index contributed by atoms with van der Waals surface area (Å²) in [7, 11) is -9.77. The zero-order valence-electron chi connectivity index (χ0n) is 11.8. The number of rotatable bonds is 8. The van der Waals surface area contributed by atoms with Crippen molar-refractivity contribution >= 4 is 17.9 Å². The topological polar surface area (TPSA) is 135 Å². The highest BCUT2D eigenvalue weighted by molar-refractivity contribution is 7.87. The fourth-order valence-corrected chi connectivity index (χ4v) is 4.67. The second-order valence-corrected chi connectivity index (χ2v) is 8.08. The summed E-state index contributed by atoms with van der Waals surface area (Å²) < 4.78 is 65.3. The van der Waals surface area contributed by atoms with Crippen molar-refractivity contribution in [1.29, 1.82) is 0 Å². The van der Waals surface area contributed by atoms with Crippen molar-refractivity contribution in [3.8, 4) is 0 Å². The van der Waals surface area contributed by atoms with Crippen molar-refractivity contribution in [3.63, 3.8) is 0 Å². The number of hydrogen-bond donors (Lipinski definition) is 2. The Morgan fingerprint density at radius 3 is 2.35 bits per heavy atom. The summed E-state index contributed by atoms with van der Waals surface area (Å²) in [5, 5.41) is 0. The van der Waals surface area contributed by atoms with Crippen molar-refractivity contribution in [1.82, 2.24) is 0 Å². The molecule has 1 aromatic rings. The molecule has 2 aliphatic rings. The third kappa shape index (κ3) is 3.65. The van der Waals surface area contributed by atoms with E-state index >= 15 is 0 Å². The van der Waals surface area contributed by atoms with Crippen LogP contribution in [0.3, 0.4) is 0 Å². The maximum absolute atomic E-state index is 12.1. The van der Waals surface area contributed by atoms with Gasteiger partial charge in [-0.2, -0.15) is 8.42 Å². The van der Waals surface area contributed by atoms with Gasteiger partial charge in [0, 0.05) is 5.56 Å². The Balaban J connectivity index is 1.96. The van der Waals surface area contributed by atoms with Gasteiger partial charge >= 0.3 is 17.9 Å². The largest absolute Gasteiger partial charge is 0.474 e. The van der Waals surface area contributed by atoms with E-state index in [1.807, 2.05) is 0 Å². The van der Waals surface area contributed by atoms with Gasteiger partial charge in [0.1, 0.15) is 12.2 Å². The summed E-state index contributed by atoms with van der Waals surface area (Å²) in [6.45, 7) is 0.101. The number of ether oxygens (including phenoxy) is 2. The Morgan fingerprint density at radius 2 is 1.87 bits per heavy atom. The summed E-state index contributed by atoms with van der Waals surface area (Å²) in [5.74, 6) is 0. The molecule has 4 atom stereocenters. The van der Waals surface area contributed by atoms with E-state index in [0.29, 0.717) is 6.61 Å². The van der Waals surface area contributed by atoms with Gasteiger partial charge in [0.05, 0.1) is 19.8 Å². The van der Waals surface area contributed by atoms with E-state index in [0.717, 1.165) is 0 Å². The zero-order valence-corrected chi connectivity index (χ0v) is 13.5. The lowest BCUT2D eigenvalue weighted by Crippen LogP contribution is -2.43. The molecule has 0 amide bonds. The van der Waals surface area contributed by atoms with Gasteiger partial charge < -0.3 is 14.4 Å². The Hall–Kier alpha value is -0.840. The normalized spacial score (nSPS) is 28.6. The van der Waals surface area contributed by atoms with E-state index in [-0.39, 0.29) is 24.9 Å². The first-order chi connectivity index (χ1) is 10.7. The van der Waals surface area contributed by atoms with Crippen molar-refractivity contribution in [3.05, 3.63) is 35.9 Å². The first-order valence-electron chi connectivity index (χ1n) is 6.68. The molecule has 0 bridgehead atoms. The molecule has 0 aliphatic carbocycles. The second kappa shape index (κ2) is 5.91. The van der Waals surface area contributed by atoms with E-state index in [1.54, 1.807) is 6.07 Å². The zero-order chi connectivity index (χ0) is 16.7. The fraction of sp³-hybridized carbons (Fsp3) is 0.500. The molecular formula is C12H15O9PS. The van der Waals surface area contributed by atoms with E-state index in [2.05, 4.69) is 0 Å². The Labute approximate surface area is 132 Å². The van der Waals surface area contributed by atoms with Gasteiger partial charge in [0.2, 0.25) is 0 Å². The predicted octanol–water partition coefficient (Wildman–Crippen LogP) is 0.658. The molecule has 3 rings (SSSR count). The van der Waals surface area contributed by atoms with Crippen molar-refractivity contribution < 1.29 is 41.0 Å². The minimum absolute atomic E-state index is 0.0365. The SMILES string of the molecule is O=P(O)(OCC1CO1)OC(c1ccccc1)(C1CO1)S(=O)(=O)O. The van der Waals surface area contributed by atoms with Crippen LogP contribution in [0.5, 0.6) is 0 Å². The Kier molecular flexibility index (Phi) is 4.36. The van der Waals surface area contributed by atoms with Crippen LogP contribution in [0.25, 0.3) is 0 Å². The van der Waals surface area contributed by atoms with Crippen LogP contribution in [0.15, 0.2) is 30.3 Å². The quantitative estimate of drug-likeness (QED) is 0.386. The molecule has 0 spiro atoms. The van der Waals surface area contributed by atoms with Crippen molar-refractivity contribution in [2.24, 2.45) is 0 Å². The van der Waals surface area contributed by atoms with E-state index in [1.165, 1.54) is 24.3 Å². The lowest BCUT2D eigenvalue weighted by Gasteiger charge is -2.30. The van der Waals surface area contributed by atoms with Crippen LogP contribution in [0.2, 0.25) is 0 Å². The van der Waals surface area contributed by atoms with Gasteiger partial charge in [-0.05, 0) is 0 Å². The summed E-state index contributed by atoms with van der Waals surface area (Å²) in [4.78, 5) is 7.31. The number of epoxide rings is 2. The number of phosphoric ester groups is 1. The molecule has 0 radical (unpaired) electrons. The number of phosphoric acid groups is 1. The standard InChI is InChI=1S/C12H15O9PS/c13-22(14,20-7-10-6-18-10)21-12(11-8-19-11,23(15,16)17)9-4-2-1-3-5-9/h1-5,10-11H,6-8H2,(H,13,14)(H,15,16,17). The summed E-state index contributed by atoms with van der Waals surface area (Å²) in [6.07, 6.45) is -1.45. The van der Waals surface area contributed by atoms with Gasteiger partial charge in [-0.1, -0.05) is 30.3 Å². The molecule has 9 nitrogen and oxygen atoms in total. The highest BCUT2D eigenvalue weighted by Crippen LogP contribution is 2.55. The molecule has 4 unspecified atom stereocenters. The molecule has 2 N–H and O–H groups in total. The van der Waals surface area contributed by atoms with Gasteiger partial charge in [-0.25, -0.2) is 4.57 Å². The summed E-state index contributed by atoms with van der Waals surface area (Å²) in [6, 6.07) is 7.31. The van der Waals surface area contributed by atoms with Crippen LogP contribution in [0.4, 0.5) is 0 Å². The number of benzene rings is 1. The van der Waals surface area contributed by atoms with Gasteiger partial charge in [-0.3, -0.25) is 13.6 Å². The maximum atomic E-state index is 12.1. The predicted molar refractivity (Wildman–Crippen MR) is 76.0 cm³/mol. The Morgan fingerprint density at radius 1 is 1.26 bits per heavy atom. The molecule has 128 valence electrons. The van der Waals surface area contributed by atoms with E-state index < -0.39 is 29.0 Å². The van der Waals surface area contributed by atoms with Crippen LogP contribution < -0.4 is 0 Å². The molecule has 11 heteroatoms. The molecule has 2 aliphatic heterocycles. The molecule has 0 saturated carbocycles. The average Bonchev–Trinajstić information content (AvgIpc) is 3.36. The van der Waals surface area contributed by atoms with Crippen LogP contribution in [0.1, 0.15) is 5.56 Å². The monoisotopic (exact) mass is 366 g/mol. The first kappa shape index (κ1) is 17.0. The van der Waals surface area contributed by atoms with Crippen LogP contribution in [-0.4, -0.2) is 49.9 Å². The molecule has 2 saturated heterocycles.